The molecule has 7 nitrogen and oxygen atoms in total. The summed E-state index contributed by atoms with van der Waals surface area (Å²) < 4.78 is 2.04. The van der Waals surface area contributed by atoms with Gasteiger partial charge >= 0.3 is 0 Å². The minimum Gasteiger partial charge on any atom is -0.346 e. The van der Waals surface area contributed by atoms with E-state index in [9.17, 15) is 4.79 Å². The van der Waals surface area contributed by atoms with Crippen molar-refractivity contribution < 1.29 is 4.79 Å². The first-order chi connectivity index (χ1) is 17.0. The fourth-order valence-corrected chi connectivity index (χ4v) is 3.74. The van der Waals surface area contributed by atoms with Gasteiger partial charge in [-0.15, -0.1) is 0 Å². The SMILES string of the molecule is C.CC.Cc1ccc(-c2cc(C(=O)NCc3cnc(C)cn3)cc(-c3ccnn3CC3CC3)c2)nc1. The van der Waals surface area contributed by atoms with Crippen LogP contribution in [0.2, 0.25) is 0 Å². The second kappa shape index (κ2) is 12.2. The summed E-state index contributed by atoms with van der Waals surface area (Å²) in [6.45, 7) is 9.11. The van der Waals surface area contributed by atoms with Crippen LogP contribution in [0.3, 0.4) is 0 Å². The molecule has 5 rings (SSSR count). The first-order valence-electron chi connectivity index (χ1n) is 12.2. The molecular weight excluding hydrogens is 448 g/mol. The van der Waals surface area contributed by atoms with Crippen molar-refractivity contribution in [2.24, 2.45) is 5.92 Å². The van der Waals surface area contributed by atoms with Gasteiger partial charge in [0.05, 0.1) is 35.5 Å². The van der Waals surface area contributed by atoms with Gasteiger partial charge in [-0.25, -0.2) is 0 Å². The van der Waals surface area contributed by atoms with Crippen LogP contribution in [0.15, 0.2) is 61.2 Å². The molecule has 7 heteroatoms. The molecule has 1 aliphatic rings. The highest BCUT2D eigenvalue weighted by Gasteiger charge is 2.23. The number of amides is 1. The Morgan fingerprint density at radius 3 is 2.42 bits per heavy atom. The molecule has 0 radical (unpaired) electrons. The monoisotopic (exact) mass is 484 g/mol. The van der Waals surface area contributed by atoms with Gasteiger partial charge in [-0.2, -0.15) is 5.10 Å². The Morgan fingerprint density at radius 2 is 1.75 bits per heavy atom. The fraction of sp³-hybridized carbons (Fsp3) is 0.345. The summed E-state index contributed by atoms with van der Waals surface area (Å²) in [5.74, 6) is 0.532. The van der Waals surface area contributed by atoms with Crippen LogP contribution in [0.4, 0.5) is 0 Å². The third kappa shape index (κ3) is 6.62. The number of nitrogens with one attached hydrogen (secondary N) is 1. The largest absolute Gasteiger partial charge is 0.346 e. The average Bonchev–Trinajstić information content (AvgIpc) is 3.59. The number of carbonyl (C=O) groups is 1. The van der Waals surface area contributed by atoms with Crippen LogP contribution in [-0.4, -0.2) is 30.6 Å². The van der Waals surface area contributed by atoms with Crippen LogP contribution < -0.4 is 5.32 Å². The number of benzene rings is 1. The molecule has 1 aliphatic carbocycles. The molecule has 1 aromatic carbocycles. The van der Waals surface area contributed by atoms with E-state index >= 15 is 0 Å². The zero-order valence-corrected chi connectivity index (χ0v) is 20.8. The maximum atomic E-state index is 13.1. The minimum absolute atomic E-state index is 0. The van der Waals surface area contributed by atoms with Gasteiger partial charge in [-0.3, -0.25) is 24.4 Å². The van der Waals surface area contributed by atoms with Gasteiger partial charge in [0, 0.05) is 41.8 Å². The summed E-state index contributed by atoms with van der Waals surface area (Å²) in [6.07, 6.45) is 9.55. The fourth-order valence-electron chi connectivity index (χ4n) is 3.74. The van der Waals surface area contributed by atoms with Gasteiger partial charge in [0.15, 0.2) is 0 Å². The molecule has 36 heavy (non-hydrogen) atoms. The summed E-state index contributed by atoms with van der Waals surface area (Å²) in [5, 5.41) is 7.50. The van der Waals surface area contributed by atoms with E-state index < -0.39 is 0 Å². The molecule has 0 spiro atoms. The zero-order valence-electron chi connectivity index (χ0n) is 20.8. The van der Waals surface area contributed by atoms with Crippen LogP contribution in [0.1, 0.15) is 61.4 Å². The smallest absolute Gasteiger partial charge is 0.251 e. The first-order valence-corrected chi connectivity index (χ1v) is 12.2. The molecule has 0 unspecified atom stereocenters. The van der Waals surface area contributed by atoms with E-state index in [4.69, 9.17) is 0 Å². The first kappa shape index (κ1) is 26.7. The van der Waals surface area contributed by atoms with Crippen LogP contribution in [0, 0.1) is 19.8 Å². The molecular formula is C29H36N6O. The maximum Gasteiger partial charge on any atom is 0.251 e. The van der Waals surface area contributed by atoms with Gasteiger partial charge in [0.1, 0.15) is 0 Å². The number of nitrogens with zero attached hydrogens (tertiary/aromatic N) is 5. The predicted octanol–water partition coefficient (Wildman–Crippen LogP) is 6.02. The lowest BCUT2D eigenvalue weighted by molar-refractivity contribution is 0.0950. The molecule has 0 saturated heterocycles. The van der Waals surface area contributed by atoms with Gasteiger partial charge in [0.2, 0.25) is 0 Å². The van der Waals surface area contributed by atoms with E-state index in [-0.39, 0.29) is 13.3 Å². The number of hydrogen-bond donors (Lipinski definition) is 1. The van der Waals surface area contributed by atoms with E-state index in [0.29, 0.717) is 23.7 Å². The highest BCUT2D eigenvalue weighted by Crippen LogP contribution is 2.33. The Kier molecular flexibility index (Phi) is 9.06. The molecule has 1 fully saturated rings. The van der Waals surface area contributed by atoms with Crippen molar-refractivity contribution in [1.29, 1.82) is 0 Å². The third-order valence-electron chi connectivity index (χ3n) is 5.81. The molecule has 0 atom stereocenters. The van der Waals surface area contributed by atoms with Crippen LogP contribution in [0.25, 0.3) is 22.5 Å². The zero-order chi connectivity index (χ0) is 24.8. The topological polar surface area (TPSA) is 85.6 Å². The van der Waals surface area contributed by atoms with Crippen molar-refractivity contribution in [3.63, 3.8) is 0 Å². The number of rotatable bonds is 7. The van der Waals surface area contributed by atoms with Crippen molar-refractivity contribution >= 4 is 5.91 Å². The number of hydrogen-bond acceptors (Lipinski definition) is 5. The molecule has 1 saturated carbocycles. The van der Waals surface area contributed by atoms with Gasteiger partial charge in [-0.05, 0) is 68.5 Å². The minimum atomic E-state index is -0.166. The second-order valence-corrected chi connectivity index (χ2v) is 8.69. The van der Waals surface area contributed by atoms with E-state index in [1.54, 1.807) is 12.4 Å². The van der Waals surface area contributed by atoms with E-state index in [1.165, 1.54) is 12.8 Å². The molecule has 0 aliphatic heterocycles. The standard InChI is InChI=1S/C26H26N6O.C2H6.CH4/c1-17-3-6-24(29-12-17)20-9-21(25-7-8-31-32(25)16-19-4-5-19)11-22(10-20)26(33)30-15-23-14-27-18(2)13-28-23;1-2;/h3,6-14,19H,4-5,15-16H2,1-2H3,(H,30,33);1-2H3;1H4. The number of carbonyl (C=O) groups excluding carboxylic acids is 1. The lowest BCUT2D eigenvalue weighted by Gasteiger charge is -2.12. The number of pyridine rings is 1. The predicted molar refractivity (Wildman–Crippen MR) is 144 cm³/mol. The number of aryl methyl sites for hydroxylation is 2. The second-order valence-electron chi connectivity index (χ2n) is 8.69. The summed E-state index contributed by atoms with van der Waals surface area (Å²) in [4.78, 5) is 26.3. The van der Waals surface area contributed by atoms with Gasteiger partial charge < -0.3 is 5.32 Å². The van der Waals surface area contributed by atoms with Crippen molar-refractivity contribution in [2.45, 2.75) is 61.1 Å². The highest BCUT2D eigenvalue weighted by atomic mass is 16.1. The quantitative estimate of drug-likeness (QED) is 0.347. The summed E-state index contributed by atoms with van der Waals surface area (Å²) in [5.41, 5.74) is 6.91. The van der Waals surface area contributed by atoms with E-state index in [0.717, 1.165) is 40.3 Å². The van der Waals surface area contributed by atoms with Gasteiger partial charge in [-0.1, -0.05) is 27.3 Å². The highest BCUT2D eigenvalue weighted by molar-refractivity contribution is 5.97. The molecule has 0 bridgehead atoms. The Hall–Kier alpha value is -3.87. The molecule has 1 amide bonds. The number of aromatic nitrogens is 5. The van der Waals surface area contributed by atoms with Crippen molar-refractivity contribution in [3.05, 3.63) is 83.7 Å². The maximum absolute atomic E-state index is 13.1. The Balaban J connectivity index is 0.00000117. The molecule has 3 heterocycles. The molecule has 3 aromatic heterocycles. The lowest BCUT2D eigenvalue weighted by Crippen LogP contribution is -2.23. The van der Waals surface area contributed by atoms with Gasteiger partial charge in [0.25, 0.3) is 5.91 Å². The Labute approximate surface area is 214 Å². The summed E-state index contributed by atoms with van der Waals surface area (Å²) >= 11 is 0. The normalized spacial score (nSPS) is 12.2. The van der Waals surface area contributed by atoms with Crippen molar-refractivity contribution in [1.82, 2.24) is 30.0 Å². The van der Waals surface area contributed by atoms with Crippen LogP contribution in [0.5, 0.6) is 0 Å². The third-order valence-corrected chi connectivity index (χ3v) is 5.81. The lowest BCUT2D eigenvalue weighted by atomic mass is 10.00. The summed E-state index contributed by atoms with van der Waals surface area (Å²) in [7, 11) is 0. The molecule has 188 valence electrons. The van der Waals surface area contributed by atoms with E-state index in [2.05, 4.69) is 31.4 Å². The summed E-state index contributed by atoms with van der Waals surface area (Å²) in [6, 6.07) is 11.9. The Morgan fingerprint density at radius 1 is 0.972 bits per heavy atom. The van der Waals surface area contributed by atoms with Crippen LogP contribution >= 0.6 is 0 Å². The molecule has 1 N–H and O–H groups in total. The van der Waals surface area contributed by atoms with E-state index in [1.807, 2.05) is 75.1 Å². The Bertz CT molecular complexity index is 1270. The van der Waals surface area contributed by atoms with Crippen molar-refractivity contribution in [2.75, 3.05) is 0 Å². The average molecular weight is 485 g/mol. The molecule has 4 aromatic rings. The van der Waals surface area contributed by atoms with Crippen LogP contribution in [-0.2, 0) is 13.1 Å². The van der Waals surface area contributed by atoms with Crippen molar-refractivity contribution in [3.8, 4) is 22.5 Å².